The highest BCUT2D eigenvalue weighted by molar-refractivity contribution is 7.91. The van der Waals surface area contributed by atoms with Crippen LogP contribution in [0, 0.1) is 11.2 Å². The molecule has 10 heteroatoms. The first kappa shape index (κ1) is 21.5. The van der Waals surface area contributed by atoms with Crippen LogP contribution < -0.4 is 11.0 Å². The number of hydrogen-bond donors (Lipinski definition) is 2. The lowest BCUT2D eigenvalue weighted by Gasteiger charge is -2.34. The van der Waals surface area contributed by atoms with E-state index in [1.807, 2.05) is 0 Å². The standard InChI is InChI=1S/C19H20ClFN2O5S/c20-14-1-2-15(16(21)12-14)13-3-7-23(17(24)11-13)8-4-19(18(25)22-26)5-9-29(27,28)10-6-19/h1-3,7,11-12,26H,4-6,8-10H2,(H,22,25). The third-order valence-corrected chi connectivity index (χ3v) is 7.32. The maximum absolute atomic E-state index is 14.1. The third kappa shape index (κ3) is 4.68. The molecule has 156 valence electrons. The molecule has 1 aromatic carbocycles. The SMILES string of the molecule is O=C(NO)C1(CCn2ccc(-c3ccc(Cl)cc3F)cc2=O)CCS(=O)(=O)CC1. The molecule has 0 aliphatic carbocycles. The number of carbonyl (C=O) groups excluding carboxylic acids is 1. The van der Waals surface area contributed by atoms with Gasteiger partial charge in [-0.2, -0.15) is 0 Å². The van der Waals surface area contributed by atoms with Gasteiger partial charge in [0.05, 0.1) is 16.9 Å². The zero-order chi connectivity index (χ0) is 21.2. The van der Waals surface area contributed by atoms with Crippen LogP contribution in [0.15, 0.2) is 41.3 Å². The number of hydroxylamine groups is 1. The van der Waals surface area contributed by atoms with Crippen LogP contribution in [-0.4, -0.2) is 35.6 Å². The Morgan fingerprint density at radius 2 is 1.93 bits per heavy atom. The number of nitrogens with zero attached hydrogens (tertiary/aromatic N) is 1. The number of aromatic nitrogens is 1. The van der Waals surface area contributed by atoms with Gasteiger partial charge < -0.3 is 4.57 Å². The van der Waals surface area contributed by atoms with E-state index in [4.69, 9.17) is 16.8 Å². The van der Waals surface area contributed by atoms with Gasteiger partial charge in [-0.25, -0.2) is 18.3 Å². The number of carbonyl (C=O) groups is 1. The maximum atomic E-state index is 14.1. The molecule has 0 spiro atoms. The van der Waals surface area contributed by atoms with E-state index in [1.165, 1.54) is 29.0 Å². The Kier molecular flexibility index (Phi) is 6.11. The molecule has 1 aliphatic heterocycles. The monoisotopic (exact) mass is 442 g/mol. The lowest BCUT2D eigenvalue weighted by molar-refractivity contribution is -0.141. The van der Waals surface area contributed by atoms with Crippen LogP contribution in [0.4, 0.5) is 4.39 Å². The van der Waals surface area contributed by atoms with Gasteiger partial charge in [-0.05, 0) is 49.1 Å². The molecule has 0 unspecified atom stereocenters. The second-order valence-electron chi connectivity index (χ2n) is 7.19. The second-order valence-corrected chi connectivity index (χ2v) is 9.93. The molecule has 1 fully saturated rings. The van der Waals surface area contributed by atoms with Crippen molar-refractivity contribution in [3.63, 3.8) is 0 Å². The van der Waals surface area contributed by atoms with Crippen molar-refractivity contribution in [1.29, 1.82) is 0 Å². The summed E-state index contributed by atoms with van der Waals surface area (Å²) in [5.41, 5.74) is 0.802. The number of amides is 1. The first-order valence-electron chi connectivity index (χ1n) is 8.97. The largest absolute Gasteiger partial charge is 0.315 e. The molecule has 1 aliphatic rings. The predicted octanol–water partition coefficient (Wildman–Crippen LogP) is 2.40. The summed E-state index contributed by atoms with van der Waals surface area (Å²) in [6, 6.07) is 7.05. The molecule has 2 aromatic rings. The fourth-order valence-electron chi connectivity index (χ4n) is 3.56. The highest BCUT2D eigenvalue weighted by Gasteiger charge is 2.43. The van der Waals surface area contributed by atoms with Gasteiger partial charge in [0.1, 0.15) is 15.7 Å². The number of benzene rings is 1. The summed E-state index contributed by atoms with van der Waals surface area (Å²) in [6.07, 6.45) is 1.83. The Balaban J connectivity index is 1.81. The topological polar surface area (TPSA) is 105 Å². The van der Waals surface area contributed by atoms with Crippen LogP contribution in [0.3, 0.4) is 0 Å². The predicted molar refractivity (Wildman–Crippen MR) is 106 cm³/mol. The van der Waals surface area contributed by atoms with E-state index in [-0.39, 0.29) is 53.5 Å². The van der Waals surface area contributed by atoms with Crippen LogP contribution >= 0.6 is 11.6 Å². The Morgan fingerprint density at radius 1 is 1.24 bits per heavy atom. The molecule has 1 saturated heterocycles. The van der Waals surface area contributed by atoms with Crippen LogP contribution in [0.5, 0.6) is 0 Å². The quantitative estimate of drug-likeness (QED) is 0.546. The van der Waals surface area contributed by atoms with E-state index in [0.717, 1.165) is 6.07 Å². The minimum absolute atomic E-state index is 0.0740. The van der Waals surface area contributed by atoms with Gasteiger partial charge in [0.15, 0.2) is 0 Å². The van der Waals surface area contributed by atoms with Crippen molar-refractivity contribution in [1.82, 2.24) is 10.0 Å². The Hall–Kier alpha value is -2.23. The first-order valence-corrected chi connectivity index (χ1v) is 11.2. The van der Waals surface area contributed by atoms with Crippen molar-refractivity contribution < 1.29 is 22.8 Å². The minimum atomic E-state index is -3.21. The number of nitrogens with one attached hydrogen (secondary N) is 1. The number of sulfone groups is 1. The van der Waals surface area contributed by atoms with E-state index in [1.54, 1.807) is 11.5 Å². The smallest absolute Gasteiger partial charge is 0.251 e. The summed E-state index contributed by atoms with van der Waals surface area (Å²) < 4.78 is 38.9. The maximum Gasteiger partial charge on any atom is 0.251 e. The molecular formula is C19H20ClFN2O5S. The first-order chi connectivity index (χ1) is 13.7. The molecule has 0 atom stereocenters. The van der Waals surface area contributed by atoms with Crippen LogP contribution in [0.25, 0.3) is 11.1 Å². The number of halogens is 2. The number of rotatable bonds is 5. The average Bonchev–Trinajstić information content (AvgIpc) is 2.67. The minimum Gasteiger partial charge on any atom is -0.315 e. The van der Waals surface area contributed by atoms with Crippen molar-refractivity contribution >= 4 is 27.3 Å². The molecule has 1 amide bonds. The molecule has 0 saturated carbocycles. The molecule has 2 heterocycles. The highest BCUT2D eigenvalue weighted by atomic mass is 35.5. The summed E-state index contributed by atoms with van der Waals surface area (Å²) in [5.74, 6) is -1.49. The molecular weight excluding hydrogens is 423 g/mol. The van der Waals surface area contributed by atoms with Gasteiger partial charge in [-0.1, -0.05) is 11.6 Å². The Labute approximate surface area is 172 Å². The van der Waals surface area contributed by atoms with Gasteiger partial charge in [0.25, 0.3) is 5.56 Å². The normalized spacial score (nSPS) is 17.6. The van der Waals surface area contributed by atoms with E-state index in [2.05, 4.69) is 0 Å². The number of pyridine rings is 1. The third-order valence-electron chi connectivity index (χ3n) is 5.44. The molecule has 0 bridgehead atoms. The van der Waals surface area contributed by atoms with Crippen LogP contribution in [0.1, 0.15) is 19.3 Å². The van der Waals surface area contributed by atoms with E-state index < -0.39 is 27.0 Å². The molecule has 3 rings (SSSR count). The van der Waals surface area contributed by atoms with Crippen molar-refractivity contribution in [2.75, 3.05) is 11.5 Å². The Morgan fingerprint density at radius 3 is 2.52 bits per heavy atom. The van der Waals surface area contributed by atoms with Gasteiger partial charge in [0.2, 0.25) is 5.91 Å². The summed E-state index contributed by atoms with van der Waals surface area (Å²) in [7, 11) is -3.21. The zero-order valence-corrected chi connectivity index (χ0v) is 17.0. The number of aryl methyl sites for hydroxylation is 1. The molecule has 2 N–H and O–H groups in total. The van der Waals surface area contributed by atoms with Crippen molar-refractivity contribution in [2.24, 2.45) is 5.41 Å². The van der Waals surface area contributed by atoms with Crippen molar-refractivity contribution in [2.45, 2.75) is 25.8 Å². The lowest BCUT2D eigenvalue weighted by Crippen LogP contribution is -2.46. The molecule has 0 radical (unpaired) electrons. The summed E-state index contributed by atoms with van der Waals surface area (Å²) in [5, 5.41) is 9.33. The fourth-order valence-corrected chi connectivity index (χ4v) is 5.32. The summed E-state index contributed by atoms with van der Waals surface area (Å²) in [6.45, 7) is 0.148. The van der Waals surface area contributed by atoms with Crippen LogP contribution in [0.2, 0.25) is 5.02 Å². The van der Waals surface area contributed by atoms with E-state index in [9.17, 15) is 22.4 Å². The van der Waals surface area contributed by atoms with Gasteiger partial charge in [-0.3, -0.25) is 14.8 Å². The molecule has 1 aromatic heterocycles. The van der Waals surface area contributed by atoms with E-state index >= 15 is 0 Å². The second kappa shape index (κ2) is 8.25. The highest BCUT2D eigenvalue weighted by Crippen LogP contribution is 2.36. The molecule has 7 nitrogen and oxygen atoms in total. The van der Waals surface area contributed by atoms with Gasteiger partial charge in [-0.15, -0.1) is 0 Å². The average molecular weight is 443 g/mol. The van der Waals surface area contributed by atoms with E-state index in [0.29, 0.717) is 5.56 Å². The van der Waals surface area contributed by atoms with Gasteiger partial charge >= 0.3 is 0 Å². The van der Waals surface area contributed by atoms with Crippen LogP contribution in [-0.2, 0) is 21.2 Å². The number of hydrogen-bond acceptors (Lipinski definition) is 5. The Bertz CT molecular complexity index is 1090. The lowest BCUT2D eigenvalue weighted by atomic mass is 9.78. The summed E-state index contributed by atoms with van der Waals surface area (Å²) >= 11 is 5.75. The van der Waals surface area contributed by atoms with Gasteiger partial charge in [0, 0.05) is 29.4 Å². The summed E-state index contributed by atoms with van der Waals surface area (Å²) in [4.78, 5) is 24.7. The fraction of sp³-hybridized carbons (Fsp3) is 0.368. The zero-order valence-electron chi connectivity index (χ0n) is 15.4. The van der Waals surface area contributed by atoms with Crippen molar-refractivity contribution in [3.8, 4) is 11.1 Å². The van der Waals surface area contributed by atoms with Crippen molar-refractivity contribution in [3.05, 3.63) is 57.7 Å². The molecule has 29 heavy (non-hydrogen) atoms.